The summed E-state index contributed by atoms with van der Waals surface area (Å²) in [5, 5.41) is 6.19. The standard InChI is InChI=1S/C31H34N4O4/c1-39-26-14-12-23(13-15-26)22-35-29(37)31(33-30(35)38)17-20-34(21-18-31)19-16-27(24-8-4-2-5-9-24)32-28(36)25-10-6-3-7-11-25/h2-15,27H,16-22H2,1H3,(H,32,36)(H,33,38). The Bertz CT molecular complexity index is 1290. The molecule has 0 aliphatic carbocycles. The van der Waals surface area contributed by atoms with Crippen molar-refractivity contribution in [2.75, 3.05) is 26.7 Å². The molecule has 202 valence electrons. The summed E-state index contributed by atoms with van der Waals surface area (Å²) in [6.07, 6.45) is 1.85. The summed E-state index contributed by atoms with van der Waals surface area (Å²) in [6.45, 7) is 2.38. The number of methoxy groups -OCH3 is 1. The molecule has 5 rings (SSSR count). The van der Waals surface area contributed by atoms with Gasteiger partial charge in [-0.2, -0.15) is 0 Å². The lowest BCUT2D eigenvalue weighted by Gasteiger charge is -2.37. The Morgan fingerprint density at radius 1 is 0.949 bits per heavy atom. The topological polar surface area (TPSA) is 91.0 Å². The molecule has 2 aliphatic heterocycles. The molecule has 2 heterocycles. The number of ether oxygens (including phenoxy) is 1. The lowest BCUT2D eigenvalue weighted by atomic mass is 9.87. The minimum atomic E-state index is -0.847. The van der Waals surface area contributed by atoms with Crippen molar-refractivity contribution in [2.45, 2.75) is 37.4 Å². The number of likely N-dealkylation sites (tertiary alicyclic amines) is 1. The third-order valence-electron chi connectivity index (χ3n) is 7.73. The Balaban J connectivity index is 1.18. The van der Waals surface area contributed by atoms with Crippen LogP contribution in [-0.2, 0) is 11.3 Å². The average molecular weight is 527 g/mol. The fraction of sp³-hybridized carbons (Fsp3) is 0.323. The van der Waals surface area contributed by atoms with Crippen LogP contribution in [0.15, 0.2) is 84.9 Å². The van der Waals surface area contributed by atoms with E-state index in [0.717, 1.165) is 29.8 Å². The molecule has 2 aliphatic rings. The minimum absolute atomic E-state index is 0.0988. The maximum absolute atomic E-state index is 13.4. The number of urea groups is 1. The minimum Gasteiger partial charge on any atom is -0.497 e. The van der Waals surface area contributed by atoms with Crippen LogP contribution >= 0.6 is 0 Å². The van der Waals surface area contributed by atoms with E-state index in [1.807, 2.05) is 84.9 Å². The van der Waals surface area contributed by atoms with E-state index in [4.69, 9.17) is 4.74 Å². The molecule has 2 saturated heterocycles. The van der Waals surface area contributed by atoms with Crippen molar-refractivity contribution < 1.29 is 19.1 Å². The molecular weight excluding hydrogens is 492 g/mol. The highest BCUT2D eigenvalue weighted by Crippen LogP contribution is 2.31. The van der Waals surface area contributed by atoms with Gasteiger partial charge < -0.3 is 20.3 Å². The van der Waals surface area contributed by atoms with Gasteiger partial charge in [-0.3, -0.25) is 14.5 Å². The van der Waals surface area contributed by atoms with E-state index in [2.05, 4.69) is 15.5 Å². The molecule has 2 fully saturated rings. The first-order chi connectivity index (χ1) is 19.0. The molecule has 8 heteroatoms. The number of piperidine rings is 1. The van der Waals surface area contributed by atoms with Crippen molar-refractivity contribution in [1.82, 2.24) is 20.4 Å². The molecule has 0 bridgehead atoms. The largest absolute Gasteiger partial charge is 0.497 e. The quantitative estimate of drug-likeness (QED) is 0.409. The molecule has 1 atom stereocenters. The number of carbonyl (C=O) groups is 3. The Labute approximate surface area is 228 Å². The van der Waals surface area contributed by atoms with E-state index in [0.29, 0.717) is 31.5 Å². The molecule has 4 amide bonds. The molecule has 8 nitrogen and oxygen atoms in total. The predicted octanol–water partition coefficient (Wildman–Crippen LogP) is 4.14. The van der Waals surface area contributed by atoms with Crippen LogP contribution in [0.3, 0.4) is 0 Å². The zero-order chi connectivity index (χ0) is 27.2. The summed E-state index contributed by atoms with van der Waals surface area (Å²) < 4.78 is 5.20. The normalized spacial score (nSPS) is 17.6. The first-order valence-electron chi connectivity index (χ1n) is 13.4. The van der Waals surface area contributed by atoms with Gasteiger partial charge in [0.25, 0.3) is 11.8 Å². The summed E-state index contributed by atoms with van der Waals surface area (Å²) in [7, 11) is 1.60. The molecule has 1 unspecified atom stereocenters. The second-order valence-electron chi connectivity index (χ2n) is 10.2. The number of nitrogens with one attached hydrogen (secondary N) is 2. The number of carbonyl (C=O) groups excluding carboxylic acids is 3. The SMILES string of the molecule is COc1ccc(CN2C(=O)NC3(CCN(CCC(NC(=O)c4ccccc4)c4ccccc4)CC3)C2=O)cc1. The summed E-state index contributed by atoms with van der Waals surface area (Å²) >= 11 is 0. The molecule has 1 spiro atoms. The zero-order valence-electron chi connectivity index (χ0n) is 22.1. The Hall–Kier alpha value is -4.17. The van der Waals surface area contributed by atoms with Gasteiger partial charge in [0.1, 0.15) is 11.3 Å². The number of benzene rings is 3. The average Bonchev–Trinajstić information content (AvgIpc) is 3.21. The summed E-state index contributed by atoms with van der Waals surface area (Å²) in [6, 6.07) is 26.1. The van der Waals surface area contributed by atoms with Crippen molar-refractivity contribution in [3.8, 4) is 5.75 Å². The molecule has 3 aromatic rings. The maximum Gasteiger partial charge on any atom is 0.325 e. The van der Waals surface area contributed by atoms with Gasteiger partial charge in [0.2, 0.25) is 0 Å². The van der Waals surface area contributed by atoms with Crippen LogP contribution in [0.4, 0.5) is 4.79 Å². The zero-order valence-corrected chi connectivity index (χ0v) is 22.1. The Kier molecular flexibility index (Phi) is 7.93. The van der Waals surface area contributed by atoms with E-state index >= 15 is 0 Å². The summed E-state index contributed by atoms with van der Waals surface area (Å²) in [4.78, 5) is 42.7. The molecule has 3 aromatic carbocycles. The van der Waals surface area contributed by atoms with Crippen molar-refractivity contribution in [2.24, 2.45) is 0 Å². The fourth-order valence-electron chi connectivity index (χ4n) is 5.38. The van der Waals surface area contributed by atoms with Crippen LogP contribution in [0.2, 0.25) is 0 Å². The van der Waals surface area contributed by atoms with Gasteiger partial charge in [0.05, 0.1) is 19.7 Å². The highest BCUT2D eigenvalue weighted by atomic mass is 16.5. The summed E-state index contributed by atoms with van der Waals surface area (Å²) in [5.41, 5.74) is 1.72. The number of imide groups is 1. The highest BCUT2D eigenvalue weighted by Gasteiger charge is 2.52. The van der Waals surface area contributed by atoms with Crippen molar-refractivity contribution in [1.29, 1.82) is 0 Å². The van der Waals surface area contributed by atoms with Gasteiger partial charge in [-0.05, 0) is 54.7 Å². The van der Waals surface area contributed by atoms with Gasteiger partial charge in [-0.25, -0.2) is 4.79 Å². The molecule has 0 saturated carbocycles. The first kappa shape index (κ1) is 26.4. The van der Waals surface area contributed by atoms with Gasteiger partial charge in [0.15, 0.2) is 0 Å². The molecule has 39 heavy (non-hydrogen) atoms. The van der Waals surface area contributed by atoms with Gasteiger partial charge >= 0.3 is 6.03 Å². The van der Waals surface area contributed by atoms with Gasteiger partial charge in [-0.1, -0.05) is 60.7 Å². The predicted molar refractivity (Wildman–Crippen MR) is 148 cm³/mol. The van der Waals surface area contributed by atoms with Crippen molar-refractivity contribution in [3.63, 3.8) is 0 Å². The van der Waals surface area contributed by atoms with Crippen LogP contribution < -0.4 is 15.4 Å². The Morgan fingerprint density at radius 2 is 1.59 bits per heavy atom. The number of amides is 4. The lowest BCUT2D eigenvalue weighted by molar-refractivity contribution is -0.133. The van der Waals surface area contributed by atoms with Gasteiger partial charge in [0, 0.05) is 25.2 Å². The van der Waals surface area contributed by atoms with Crippen LogP contribution in [0.25, 0.3) is 0 Å². The monoisotopic (exact) mass is 526 g/mol. The van der Waals surface area contributed by atoms with Crippen LogP contribution in [-0.4, -0.2) is 59.9 Å². The molecule has 0 aromatic heterocycles. The lowest BCUT2D eigenvalue weighted by Crippen LogP contribution is -2.55. The second kappa shape index (κ2) is 11.7. The number of rotatable bonds is 9. The number of hydrogen-bond donors (Lipinski definition) is 2. The smallest absolute Gasteiger partial charge is 0.325 e. The third-order valence-corrected chi connectivity index (χ3v) is 7.73. The molecule has 2 N–H and O–H groups in total. The fourth-order valence-corrected chi connectivity index (χ4v) is 5.38. The van der Waals surface area contributed by atoms with Gasteiger partial charge in [-0.15, -0.1) is 0 Å². The number of nitrogens with zero attached hydrogens (tertiary/aromatic N) is 2. The molecule has 0 radical (unpaired) electrons. The first-order valence-corrected chi connectivity index (χ1v) is 13.4. The van der Waals surface area contributed by atoms with Crippen LogP contribution in [0.5, 0.6) is 5.75 Å². The van der Waals surface area contributed by atoms with Crippen LogP contribution in [0, 0.1) is 0 Å². The number of hydrogen-bond acceptors (Lipinski definition) is 5. The third kappa shape index (κ3) is 5.96. The van der Waals surface area contributed by atoms with E-state index in [1.54, 1.807) is 7.11 Å². The van der Waals surface area contributed by atoms with E-state index in [9.17, 15) is 14.4 Å². The maximum atomic E-state index is 13.4. The highest BCUT2D eigenvalue weighted by molar-refractivity contribution is 6.07. The Morgan fingerprint density at radius 3 is 2.23 bits per heavy atom. The molecular formula is C31H34N4O4. The van der Waals surface area contributed by atoms with E-state index in [1.165, 1.54) is 4.90 Å². The van der Waals surface area contributed by atoms with E-state index < -0.39 is 5.54 Å². The van der Waals surface area contributed by atoms with Crippen molar-refractivity contribution >= 4 is 17.8 Å². The second-order valence-corrected chi connectivity index (χ2v) is 10.2. The van der Waals surface area contributed by atoms with Crippen molar-refractivity contribution in [3.05, 3.63) is 102 Å². The van der Waals surface area contributed by atoms with E-state index in [-0.39, 0.29) is 30.4 Å². The summed E-state index contributed by atoms with van der Waals surface area (Å²) in [5.74, 6) is 0.479. The van der Waals surface area contributed by atoms with Crippen LogP contribution in [0.1, 0.15) is 46.8 Å².